The first-order chi connectivity index (χ1) is 8.70. The number of carbonyl (C=O) groups excluding carboxylic acids is 2. The van der Waals surface area contributed by atoms with E-state index in [0.717, 1.165) is 12.8 Å². The number of aromatic nitrogens is 3. The normalized spacial score (nSPS) is 19.6. The highest BCUT2D eigenvalue weighted by Crippen LogP contribution is 2.17. The Morgan fingerprint density at radius 2 is 2.33 bits per heavy atom. The summed E-state index contributed by atoms with van der Waals surface area (Å²) < 4.78 is 6.20. The van der Waals surface area contributed by atoms with Crippen LogP contribution in [0.3, 0.4) is 0 Å². The number of ether oxygens (including phenoxy) is 1. The molecule has 0 aromatic carbocycles. The molecule has 1 aliphatic rings. The smallest absolute Gasteiger partial charge is 0.310 e. The van der Waals surface area contributed by atoms with E-state index < -0.39 is 0 Å². The predicted octanol–water partition coefficient (Wildman–Crippen LogP) is -0.310. The summed E-state index contributed by atoms with van der Waals surface area (Å²) in [5.74, 6) is -0.495. The molecule has 0 saturated carbocycles. The minimum absolute atomic E-state index is 0.0471. The lowest BCUT2D eigenvalue weighted by Gasteiger charge is -2.31. The molecular weight excluding hydrogens is 236 g/mol. The van der Waals surface area contributed by atoms with E-state index in [1.807, 2.05) is 0 Å². The highest BCUT2D eigenvalue weighted by Gasteiger charge is 2.28. The van der Waals surface area contributed by atoms with Gasteiger partial charge in [-0.1, -0.05) is 0 Å². The van der Waals surface area contributed by atoms with Crippen LogP contribution in [0.15, 0.2) is 12.7 Å². The molecule has 0 aliphatic carbocycles. The Morgan fingerprint density at radius 3 is 3.00 bits per heavy atom. The third-order valence-electron chi connectivity index (χ3n) is 3.07. The van der Waals surface area contributed by atoms with E-state index in [4.69, 9.17) is 4.74 Å². The van der Waals surface area contributed by atoms with Gasteiger partial charge in [-0.05, 0) is 12.8 Å². The van der Waals surface area contributed by atoms with Crippen LogP contribution in [0.4, 0.5) is 0 Å². The van der Waals surface area contributed by atoms with Crippen molar-refractivity contribution in [3.8, 4) is 0 Å². The Balaban J connectivity index is 1.92. The summed E-state index contributed by atoms with van der Waals surface area (Å²) in [4.78, 5) is 28.9. The van der Waals surface area contributed by atoms with Crippen molar-refractivity contribution in [2.75, 3.05) is 20.2 Å². The maximum atomic E-state index is 12.0. The first-order valence-electron chi connectivity index (χ1n) is 5.88. The summed E-state index contributed by atoms with van der Waals surface area (Å²) in [6.45, 7) is 1.27. The summed E-state index contributed by atoms with van der Waals surface area (Å²) in [6, 6.07) is 0. The average molecular weight is 252 g/mol. The minimum Gasteiger partial charge on any atom is -0.469 e. The first-order valence-corrected chi connectivity index (χ1v) is 5.88. The predicted molar refractivity (Wildman–Crippen MR) is 61.3 cm³/mol. The van der Waals surface area contributed by atoms with E-state index in [2.05, 4.69) is 10.1 Å². The monoisotopic (exact) mass is 252 g/mol. The Kier molecular flexibility index (Phi) is 3.91. The second kappa shape index (κ2) is 5.61. The number of likely N-dealkylation sites (tertiary alicyclic amines) is 1. The van der Waals surface area contributed by atoms with E-state index >= 15 is 0 Å². The number of methoxy groups -OCH3 is 1. The molecule has 1 saturated heterocycles. The largest absolute Gasteiger partial charge is 0.469 e. The third-order valence-corrected chi connectivity index (χ3v) is 3.07. The van der Waals surface area contributed by atoms with Gasteiger partial charge in [-0.15, -0.1) is 0 Å². The highest BCUT2D eigenvalue weighted by atomic mass is 16.5. The first kappa shape index (κ1) is 12.5. The molecule has 2 rings (SSSR count). The number of piperidine rings is 1. The molecule has 0 bridgehead atoms. The summed E-state index contributed by atoms with van der Waals surface area (Å²) in [6.07, 6.45) is 4.49. The van der Waals surface area contributed by atoms with Crippen molar-refractivity contribution >= 4 is 11.9 Å². The maximum Gasteiger partial charge on any atom is 0.310 e. The van der Waals surface area contributed by atoms with Crippen LogP contribution in [0.5, 0.6) is 0 Å². The number of hydrogen-bond acceptors (Lipinski definition) is 5. The molecule has 1 amide bonds. The van der Waals surface area contributed by atoms with Crippen LogP contribution >= 0.6 is 0 Å². The molecular formula is C11H16N4O3. The average Bonchev–Trinajstić information content (AvgIpc) is 2.90. The van der Waals surface area contributed by atoms with E-state index in [-0.39, 0.29) is 24.3 Å². The van der Waals surface area contributed by atoms with Crippen molar-refractivity contribution < 1.29 is 14.3 Å². The molecule has 1 atom stereocenters. The van der Waals surface area contributed by atoms with Crippen LogP contribution in [0.25, 0.3) is 0 Å². The number of nitrogens with zero attached hydrogens (tertiary/aromatic N) is 4. The van der Waals surface area contributed by atoms with Crippen LogP contribution in [-0.4, -0.2) is 51.7 Å². The van der Waals surface area contributed by atoms with Gasteiger partial charge in [0.05, 0.1) is 13.0 Å². The summed E-state index contributed by atoms with van der Waals surface area (Å²) in [5.41, 5.74) is 0. The van der Waals surface area contributed by atoms with Gasteiger partial charge in [0, 0.05) is 13.1 Å². The zero-order chi connectivity index (χ0) is 13.0. The highest BCUT2D eigenvalue weighted by molar-refractivity contribution is 5.78. The molecule has 7 heteroatoms. The molecule has 18 heavy (non-hydrogen) atoms. The van der Waals surface area contributed by atoms with Crippen molar-refractivity contribution in [2.24, 2.45) is 5.92 Å². The fourth-order valence-electron chi connectivity index (χ4n) is 2.12. The summed E-state index contributed by atoms with van der Waals surface area (Å²) >= 11 is 0. The fourth-order valence-corrected chi connectivity index (χ4v) is 2.12. The molecule has 98 valence electrons. The topological polar surface area (TPSA) is 77.3 Å². The molecule has 0 spiro atoms. The van der Waals surface area contributed by atoms with Gasteiger partial charge in [0.15, 0.2) is 0 Å². The lowest BCUT2D eigenvalue weighted by atomic mass is 9.98. The number of rotatable bonds is 3. The van der Waals surface area contributed by atoms with Crippen molar-refractivity contribution in [3.05, 3.63) is 12.7 Å². The van der Waals surface area contributed by atoms with Gasteiger partial charge in [0.25, 0.3) is 0 Å². The Bertz CT molecular complexity index is 418. The summed E-state index contributed by atoms with van der Waals surface area (Å²) in [5, 5.41) is 3.89. The van der Waals surface area contributed by atoms with Gasteiger partial charge in [0.1, 0.15) is 19.2 Å². The standard InChI is InChI=1S/C11H16N4O3/c1-18-11(17)9-3-2-4-14(5-9)10(16)6-15-8-12-7-13-15/h7-9H,2-6H2,1H3. The molecule has 1 aromatic heterocycles. The zero-order valence-electron chi connectivity index (χ0n) is 10.3. The molecule has 2 heterocycles. The Morgan fingerprint density at radius 1 is 1.50 bits per heavy atom. The van der Waals surface area contributed by atoms with Gasteiger partial charge in [-0.25, -0.2) is 9.67 Å². The van der Waals surface area contributed by atoms with E-state index in [1.54, 1.807) is 4.90 Å². The minimum atomic E-state index is -0.242. The van der Waals surface area contributed by atoms with Crippen molar-refractivity contribution in [1.29, 1.82) is 0 Å². The zero-order valence-corrected chi connectivity index (χ0v) is 10.3. The van der Waals surface area contributed by atoms with Crippen LogP contribution in [0.2, 0.25) is 0 Å². The van der Waals surface area contributed by atoms with Gasteiger partial charge in [-0.3, -0.25) is 9.59 Å². The summed E-state index contributed by atoms with van der Waals surface area (Å²) in [7, 11) is 1.37. The lowest BCUT2D eigenvalue weighted by Crippen LogP contribution is -2.44. The second-order valence-corrected chi connectivity index (χ2v) is 4.30. The van der Waals surface area contributed by atoms with Gasteiger partial charge in [-0.2, -0.15) is 5.10 Å². The molecule has 1 aliphatic heterocycles. The van der Waals surface area contributed by atoms with Crippen molar-refractivity contribution in [1.82, 2.24) is 19.7 Å². The number of amides is 1. The molecule has 7 nitrogen and oxygen atoms in total. The Labute approximate surface area is 105 Å². The third kappa shape index (κ3) is 2.85. The van der Waals surface area contributed by atoms with Gasteiger partial charge < -0.3 is 9.64 Å². The van der Waals surface area contributed by atoms with Crippen LogP contribution in [-0.2, 0) is 20.9 Å². The van der Waals surface area contributed by atoms with Crippen LogP contribution < -0.4 is 0 Å². The molecule has 1 aromatic rings. The quantitative estimate of drug-likeness (QED) is 0.690. The maximum absolute atomic E-state index is 12.0. The van der Waals surface area contributed by atoms with Crippen molar-refractivity contribution in [2.45, 2.75) is 19.4 Å². The lowest BCUT2D eigenvalue weighted by molar-refractivity contribution is -0.149. The SMILES string of the molecule is COC(=O)C1CCCN(C(=O)Cn2cncn2)C1. The Hall–Kier alpha value is -1.92. The molecule has 1 unspecified atom stereocenters. The van der Waals surface area contributed by atoms with Crippen molar-refractivity contribution in [3.63, 3.8) is 0 Å². The number of esters is 1. The van der Waals surface area contributed by atoms with E-state index in [0.29, 0.717) is 13.1 Å². The van der Waals surface area contributed by atoms with E-state index in [1.165, 1.54) is 24.4 Å². The number of hydrogen-bond donors (Lipinski definition) is 0. The number of carbonyl (C=O) groups is 2. The molecule has 0 N–H and O–H groups in total. The molecule has 0 radical (unpaired) electrons. The van der Waals surface area contributed by atoms with Gasteiger partial charge >= 0.3 is 5.97 Å². The van der Waals surface area contributed by atoms with E-state index in [9.17, 15) is 9.59 Å². The van der Waals surface area contributed by atoms with Crippen LogP contribution in [0.1, 0.15) is 12.8 Å². The molecule has 1 fully saturated rings. The fraction of sp³-hybridized carbons (Fsp3) is 0.636. The second-order valence-electron chi connectivity index (χ2n) is 4.30. The van der Waals surface area contributed by atoms with Gasteiger partial charge in [0.2, 0.25) is 5.91 Å². The van der Waals surface area contributed by atoms with Crippen LogP contribution in [0, 0.1) is 5.92 Å².